The lowest BCUT2D eigenvalue weighted by Crippen LogP contribution is -2.43. The quantitative estimate of drug-likeness (QED) is 0.896. The summed E-state index contributed by atoms with van der Waals surface area (Å²) in [7, 11) is -3.43. The van der Waals surface area contributed by atoms with Crippen LogP contribution in [0.1, 0.15) is 25.7 Å². The van der Waals surface area contributed by atoms with Gasteiger partial charge in [-0.3, -0.25) is 0 Å². The molecular weight excluding hydrogens is 344 g/mol. The molecule has 26 heavy (non-hydrogen) atoms. The SMILES string of the molecule is O=S(=O)(c1cccc(-c2ccccc2)c1)N1CCC(C2CCCN2)CC1. The van der Waals surface area contributed by atoms with Crippen LogP contribution >= 0.6 is 0 Å². The van der Waals surface area contributed by atoms with Crippen LogP contribution in [0, 0.1) is 5.92 Å². The van der Waals surface area contributed by atoms with Gasteiger partial charge in [-0.2, -0.15) is 4.31 Å². The summed E-state index contributed by atoms with van der Waals surface area (Å²) in [5, 5.41) is 3.57. The van der Waals surface area contributed by atoms with E-state index in [1.807, 2.05) is 42.5 Å². The first-order valence-corrected chi connectivity index (χ1v) is 11.0. The maximum Gasteiger partial charge on any atom is 0.243 e. The third-order valence-electron chi connectivity index (χ3n) is 5.74. The molecule has 0 saturated carbocycles. The van der Waals surface area contributed by atoms with Gasteiger partial charge in [0.1, 0.15) is 0 Å². The predicted octanol–water partition coefficient (Wildman–Crippen LogP) is 3.51. The van der Waals surface area contributed by atoms with E-state index in [-0.39, 0.29) is 0 Å². The Hall–Kier alpha value is -1.69. The molecular formula is C21H26N2O2S. The van der Waals surface area contributed by atoms with Crippen molar-refractivity contribution in [3.05, 3.63) is 54.6 Å². The van der Waals surface area contributed by atoms with Crippen LogP contribution < -0.4 is 5.32 Å². The second-order valence-corrected chi connectivity index (χ2v) is 9.28. The minimum atomic E-state index is -3.43. The molecule has 2 aliphatic rings. The molecule has 2 saturated heterocycles. The third-order valence-corrected chi connectivity index (χ3v) is 7.64. The van der Waals surface area contributed by atoms with Crippen molar-refractivity contribution in [2.45, 2.75) is 36.6 Å². The minimum absolute atomic E-state index is 0.399. The topological polar surface area (TPSA) is 49.4 Å². The zero-order valence-corrected chi connectivity index (χ0v) is 15.8. The van der Waals surface area contributed by atoms with Crippen molar-refractivity contribution in [1.29, 1.82) is 0 Å². The van der Waals surface area contributed by atoms with E-state index in [1.165, 1.54) is 12.8 Å². The van der Waals surface area contributed by atoms with E-state index in [2.05, 4.69) is 5.32 Å². The molecule has 0 bridgehead atoms. The molecule has 0 aromatic heterocycles. The maximum absolute atomic E-state index is 13.1. The van der Waals surface area contributed by atoms with Crippen LogP contribution in [0.3, 0.4) is 0 Å². The molecule has 4 rings (SSSR count). The first kappa shape index (κ1) is 17.7. The molecule has 0 amide bonds. The molecule has 2 heterocycles. The van der Waals surface area contributed by atoms with Gasteiger partial charge in [-0.05, 0) is 61.4 Å². The number of nitrogens with zero attached hydrogens (tertiary/aromatic N) is 1. The molecule has 4 nitrogen and oxygen atoms in total. The van der Waals surface area contributed by atoms with Crippen LogP contribution in [0.15, 0.2) is 59.5 Å². The summed E-state index contributed by atoms with van der Waals surface area (Å²) in [4.78, 5) is 0.399. The number of nitrogens with one attached hydrogen (secondary N) is 1. The van der Waals surface area contributed by atoms with Gasteiger partial charge in [-0.15, -0.1) is 0 Å². The van der Waals surface area contributed by atoms with Crippen LogP contribution in [0.5, 0.6) is 0 Å². The maximum atomic E-state index is 13.1. The highest BCUT2D eigenvalue weighted by atomic mass is 32.2. The molecule has 5 heteroatoms. The molecule has 0 aliphatic carbocycles. The van der Waals surface area contributed by atoms with E-state index in [0.29, 0.717) is 29.9 Å². The van der Waals surface area contributed by atoms with E-state index in [1.54, 1.807) is 16.4 Å². The van der Waals surface area contributed by atoms with Gasteiger partial charge in [0.15, 0.2) is 0 Å². The Morgan fingerprint density at radius 2 is 1.62 bits per heavy atom. The summed E-state index contributed by atoms with van der Waals surface area (Å²) in [5.41, 5.74) is 1.98. The van der Waals surface area contributed by atoms with Crippen LogP contribution in [-0.4, -0.2) is 38.4 Å². The largest absolute Gasteiger partial charge is 0.314 e. The predicted molar refractivity (Wildman–Crippen MR) is 104 cm³/mol. The minimum Gasteiger partial charge on any atom is -0.314 e. The fourth-order valence-corrected chi connectivity index (χ4v) is 5.76. The summed E-state index contributed by atoms with van der Waals surface area (Å²) in [6, 6.07) is 17.8. The summed E-state index contributed by atoms with van der Waals surface area (Å²) >= 11 is 0. The van der Waals surface area contributed by atoms with Crippen molar-refractivity contribution in [1.82, 2.24) is 9.62 Å². The molecule has 2 aliphatic heterocycles. The summed E-state index contributed by atoms with van der Waals surface area (Å²) in [6.45, 7) is 2.36. The fraction of sp³-hybridized carbons (Fsp3) is 0.429. The Morgan fingerprint density at radius 1 is 0.885 bits per heavy atom. The first-order valence-electron chi connectivity index (χ1n) is 9.53. The summed E-state index contributed by atoms with van der Waals surface area (Å²) in [5.74, 6) is 0.611. The highest BCUT2D eigenvalue weighted by molar-refractivity contribution is 7.89. The van der Waals surface area contributed by atoms with E-state index in [0.717, 1.165) is 30.5 Å². The number of benzene rings is 2. The Labute approximate surface area is 156 Å². The Balaban J connectivity index is 1.50. The number of hydrogen-bond donors (Lipinski definition) is 1. The number of rotatable bonds is 4. The van der Waals surface area contributed by atoms with Gasteiger partial charge >= 0.3 is 0 Å². The van der Waals surface area contributed by atoms with E-state index in [9.17, 15) is 8.42 Å². The lowest BCUT2D eigenvalue weighted by molar-refractivity contribution is 0.234. The summed E-state index contributed by atoms with van der Waals surface area (Å²) in [6.07, 6.45) is 4.39. The van der Waals surface area contributed by atoms with Gasteiger partial charge in [0.05, 0.1) is 4.90 Å². The van der Waals surface area contributed by atoms with Crippen molar-refractivity contribution < 1.29 is 8.42 Å². The highest BCUT2D eigenvalue weighted by Gasteiger charge is 2.33. The smallest absolute Gasteiger partial charge is 0.243 e. The average molecular weight is 371 g/mol. The fourth-order valence-electron chi connectivity index (χ4n) is 4.25. The van der Waals surface area contributed by atoms with E-state index < -0.39 is 10.0 Å². The van der Waals surface area contributed by atoms with Crippen molar-refractivity contribution in [2.24, 2.45) is 5.92 Å². The molecule has 2 fully saturated rings. The Kier molecular flexibility index (Phi) is 5.11. The molecule has 1 atom stereocenters. The first-order chi connectivity index (χ1) is 12.6. The van der Waals surface area contributed by atoms with Gasteiger partial charge in [-0.1, -0.05) is 42.5 Å². The van der Waals surface area contributed by atoms with Crippen molar-refractivity contribution in [3.8, 4) is 11.1 Å². The molecule has 138 valence electrons. The lowest BCUT2D eigenvalue weighted by Gasteiger charge is -2.34. The van der Waals surface area contributed by atoms with Crippen molar-refractivity contribution in [3.63, 3.8) is 0 Å². The van der Waals surface area contributed by atoms with Crippen LogP contribution in [0.25, 0.3) is 11.1 Å². The molecule has 1 unspecified atom stereocenters. The number of hydrogen-bond acceptors (Lipinski definition) is 3. The number of piperidine rings is 1. The van der Waals surface area contributed by atoms with Crippen LogP contribution in [-0.2, 0) is 10.0 Å². The monoisotopic (exact) mass is 370 g/mol. The van der Waals surface area contributed by atoms with Crippen molar-refractivity contribution in [2.75, 3.05) is 19.6 Å². The third kappa shape index (κ3) is 3.56. The number of sulfonamides is 1. The summed E-state index contributed by atoms with van der Waals surface area (Å²) < 4.78 is 27.9. The van der Waals surface area contributed by atoms with Crippen LogP contribution in [0.2, 0.25) is 0 Å². The molecule has 2 aromatic rings. The lowest BCUT2D eigenvalue weighted by atomic mass is 9.89. The normalized spacial score (nSPS) is 22.5. The Bertz CT molecular complexity index is 837. The standard InChI is InChI=1S/C21H26N2O2S/c24-26(25,23-14-11-18(12-15-23)21-10-5-13-22-21)20-9-4-8-19(16-20)17-6-2-1-3-7-17/h1-4,6-9,16,18,21-22H,5,10-15H2. The second-order valence-electron chi connectivity index (χ2n) is 7.34. The highest BCUT2D eigenvalue weighted by Crippen LogP contribution is 2.30. The van der Waals surface area contributed by atoms with Gasteiger partial charge in [0.2, 0.25) is 10.0 Å². The van der Waals surface area contributed by atoms with Gasteiger partial charge in [0.25, 0.3) is 0 Å². The van der Waals surface area contributed by atoms with E-state index >= 15 is 0 Å². The zero-order chi connectivity index (χ0) is 18.0. The molecule has 1 N–H and O–H groups in total. The van der Waals surface area contributed by atoms with Crippen molar-refractivity contribution >= 4 is 10.0 Å². The van der Waals surface area contributed by atoms with Crippen LogP contribution in [0.4, 0.5) is 0 Å². The zero-order valence-electron chi connectivity index (χ0n) is 15.0. The molecule has 2 aromatic carbocycles. The molecule has 0 spiro atoms. The Morgan fingerprint density at radius 3 is 2.31 bits per heavy atom. The average Bonchev–Trinajstić information content (AvgIpc) is 3.24. The van der Waals surface area contributed by atoms with Gasteiger partial charge in [0, 0.05) is 19.1 Å². The van der Waals surface area contributed by atoms with Gasteiger partial charge in [-0.25, -0.2) is 8.42 Å². The molecule has 0 radical (unpaired) electrons. The second kappa shape index (κ2) is 7.51. The van der Waals surface area contributed by atoms with Gasteiger partial charge < -0.3 is 5.32 Å². The van der Waals surface area contributed by atoms with E-state index in [4.69, 9.17) is 0 Å².